The summed E-state index contributed by atoms with van der Waals surface area (Å²) in [5.74, 6) is 0.715. The van der Waals surface area contributed by atoms with Crippen LogP contribution in [0.3, 0.4) is 0 Å². The van der Waals surface area contributed by atoms with E-state index in [-0.39, 0.29) is 5.91 Å². The van der Waals surface area contributed by atoms with E-state index in [1.807, 2.05) is 18.7 Å². The predicted octanol–water partition coefficient (Wildman–Crippen LogP) is 1.90. The lowest BCUT2D eigenvalue weighted by Crippen LogP contribution is -2.49. The van der Waals surface area contributed by atoms with Gasteiger partial charge in [-0.25, -0.2) is 0 Å². The Balaban J connectivity index is 1.67. The van der Waals surface area contributed by atoms with Gasteiger partial charge in [-0.05, 0) is 51.5 Å². The Morgan fingerprint density at radius 2 is 2.05 bits per heavy atom. The summed E-state index contributed by atoms with van der Waals surface area (Å²) in [6.45, 7) is 7.60. The first-order valence-electron chi connectivity index (χ1n) is 7.54. The monoisotopic (exact) mass is 277 g/mol. The molecule has 2 aliphatic rings. The Hall–Kier alpha value is -1.36. The standard InChI is InChI=1S/C15H23N3O2/c1-11-13(12(2)20-17-11)14(19)18-8-5-15(6-9-18)4-3-7-16-10-15/h16H,3-10H2,1-2H3. The summed E-state index contributed by atoms with van der Waals surface area (Å²) in [7, 11) is 0. The lowest BCUT2D eigenvalue weighted by molar-refractivity contribution is 0.0511. The fraction of sp³-hybridized carbons (Fsp3) is 0.733. The molecule has 5 nitrogen and oxygen atoms in total. The van der Waals surface area contributed by atoms with Crippen molar-refractivity contribution < 1.29 is 9.32 Å². The Morgan fingerprint density at radius 3 is 2.60 bits per heavy atom. The second kappa shape index (κ2) is 5.20. The fourth-order valence-electron chi connectivity index (χ4n) is 3.59. The van der Waals surface area contributed by atoms with Gasteiger partial charge in [-0.2, -0.15) is 0 Å². The summed E-state index contributed by atoms with van der Waals surface area (Å²) < 4.78 is 5.11. The predicted molar refractivity (Wildman–Crippen MR) is 75.7 cm³/mol. The molecule has 1 aromatic rings. The van der Waals surface area contributed by atoms with Gasteiger partial charge in [-0.3, -0.25) is 4.79 Å². The van der Waals surface area contributed by atoms with Gasteiger partial charge in [0, 0.05) is 19.6 Å². The van der Waals surface area contributed by atoms with E-state index in [1.54, 1.807) is 0 Å². The van der Waals surface area contributed by atoms with E-state index in [0.717, 1.165) is 39.0 Å². The van der Waals surface area contributed by atoms with Gasteiger partial charge in [0.1, 0.15) is 11.3 Å². The van der Waals surface area contributed by atoms with Crippen LogP contribution in [-0.4, -0.2) is 42.1 Å². The van der Waals surface area contributed by atoms with E-state index >= 15 is 0 Å². The number of aryl methyl sites for hydroxylation is 2. The van der Waals surface area contributed by atoms with Gasteiger partial charge in [-0.1, -0.05) is 5.16 Å². The Kier molecular flexibility index (Phi) is 3.54. The molecule has 3 rings (SSSR count). The highest BCUT2D eigenvalue weighted by Gasteiger charge is 2.37. The highest BCUT2D eigenvalue weighted by atomic mass is 16.5. The van der Waals surface area contributed by atoms with E-state index < -0.39 is 0 Å². The van der Waals surface area contributed by atoms with Crippen molar-refractivity contribution in [3.05, 3.63) is 17.0 Å². The third kappa shape index (κ3) is 2.35. The molecule has 0 saturated carbocycles. The zero-order valence-corrected chi connectivity index (χ0v) is 12.4. The van der Waals surface area contributed by atoms with Gasteiger partial charge in [-0.15, -0.1) is 0 Å². The topological polar surface area (TPSA) is 58.4 Å². The third-order valence-electron chi connectivity index (χ3n) is 4.92. The van der Waals surface area contributed by atoms with Crippen LogP contribution in [0.15, 0.2) is 4.52 Å². The highest BCUT2D eigenvalue weighted by molar-refractivity contribution is 5.96. The molecule has 110 valence electrons. The molecule has 0 atom stereocenters. The number of nitrogens with zero attached hydrogens (tertiary/aromatic N) is 2. The van der Waals surface area contributed by atoms with Crippen LogP contribution in [0.25, 0.3) is 0 Å². The lowest BCUT2D eigenvalue weighted by Gasteiger charge is -2.44. The molecule has 1 spiro atoms. The molecule has 0 bridgehead atoms. The lowest BCUT2D eigenvalue weighted by atomic mass is 9.73. The molecule has 0 radical (unpaired) electrons. The van der Waals surface area contributed by atoms with E-state index in [1.165, 1.54) is 12.8 Å². The van der Waals surface area contributed by atoms with Crippen LogP contribution >= 0.6 is 0 Å². The number of amides is 1. The van der Waals surface area contributed by atoms with Gasteiger partial charge < -0.3 is 14.7 Å². The van der Waals surface area contributed by atoms with Crippen molar-refractivity contribution in [1.29, 1.82) is 0 Å². The molecule has 2 fully saturated rings. The first-order valence-corrected chi connectivity index (χ1v) is 7.54. The number of carbonyl (C=O) groups is 1. The Labute approximate surface area is 119 Å². The first-order chi connectivity index (χ1) is 9.61. The van der Waals surface area contributed by atoms with Crippen molar-refractivity contribution in [3.8, 4) is 0 Å². The summed E-state index contributed by atoms with van der Waals surface area (Å²) in [6, 6.07) is 0. The van der Waals surface area contributed by atoms with Crippen LogP contribution in [0.2, 0.25) is 0 Å². The molecule has 0 aromatic carbocycles. The van der Waals surface area contributed by atoms with Crippen molar-refractivity contribution in [2.24, 2.45) is 5.41 Å². The van der Waals surface area contributed by atoms with Crippen molar-refractivity contribution in [3.63, 3.8) is 0 Å². The Morgan fingerprint density at radius 1 is 1.30 bits per heavy atom. The average Bonchev–Trinajstić information content (AvgIpc) is 2.79. The SMILES string of the molecule is Cc1noc(C)c1C(=O)N1CCC2(CCCNC2)CC1. The molecule has 2 saturated heterocycles. The zero-order valence-electron chi connectivity index (χ0n) is 12.4. The summed E-state index contributed by atoms with van der Waals surface area (Å²) in [4.78, 5) is 14.5. The summed E-state index contributed by atoms with van der Waals surface area (Å²) in [6.07, 6.45) is 4.77. The van der Waals surface area contributed by atoms with Crippen LogP contribution in [0.5, 0.6) is 0 Å². The quantitative estimate of drug-likeness (QED) is 0.851. The molecule has 5 heteroatoms. The minimum Gasteiger partial charge on any atom is -0.361 e. The maximum absolute atomic E-state index is 12.6. The molecular formula is C15H23N3O2. The number of rotatable bonds is 1. The summed E-state index contributed by atoms with van der Waals surface area (Å²) >= 11 is 0. The number of likely N-dealkylation sites (tertiary alicyclic amines) is 1. The van der Waals surface area contributed by atoms with Gasteiger partial charge in [0.05, 0.1) is 5.69 Å². The van der Waals surface area contributed by atoms with Gasteiger partial charge in [0.15, 0.2) is 0 Å². The largest absolute Gasteiger partial charge is 0.361 e. The maximum Gasteiger partial charge on any atom is 0.259 e. The molecule has 3 heterocycles. The minimum atomic E-state index is 0.0832. The minimum absolute atomic E-state index is 0.0832. The van der Waals surface area contributed by atoms with Crippen LogP contribution < -0.4 is 5.32 Å². The van der Waals surface area contributed by atoms with E-state index in [2.05, 4.69) is 10.5 Å². The van der Waals surface area contributed by atoms with Crippen molar-refractivity contribution in [1.82, 2.24) is 15.4 Å². The number of piperidine rings is 2. The van der Waals surface area contributed by atoms with Crippen LogP contribution in [0.1, 0.15) is 47.5 Å². The number of hydrogen-bond acceptors (Lipinski definition) is 4. The zero-order chi connectivity index (χ0) is 14.2. The molecule has 2 aliphatic heterocycles. The van der Waals surface area contributed by atoms with Crippen molar-refractivity contribution >= 4 is 5.91 Å². The van der Waals surface area contributed by atoms with Gasteiger partial charge >= 0.3 is 0 Å². The number of nitrogens with one attached hydrogen (secondary N) is 1. The van der Waals surface area contributed by atoms with Crippen molar-refractivity contribution in [2.75, 3.05) is 26.2 Å². The van der Waals surface area contributed by atoms with E-state index in [9.17, 15) is 4.79 Å². The highest BCUT2D eigenvalue weighted by Crippen LogP contribution is 2.37. The van der Waals surface area contributed by atoms with Crippen LogP contribution in [0.4, 0.5) is 0 Å². The number of hydrogen-bond donors (Lipinski definition) is 1. The number of carbonyl (C=O) groups excluding carboxylic acids is 1. The third-order valence-corrected chi connectivity index (χ3v) is 4.92. The molecule has 1 aromatic heterocycles. The van der Waals surface area contributed by atoms with Crippen LogP contribution in [-0.2, 0) is 0 Å². The molecule has 20 heavy (non-hydrogen) atoms. The summed E-state index contributed by atoms with van der Waals surface area (Å²) in [5.41, 5.74) is 1.78. The normalized spacial score (nSPS) is 22.2. The Bertz CT molecular complexity index is 474. The van der Waals surface area contributed by atoms with Gasteiger partial charge in [0.25, 0.3) is 5.91 Å². The second-order valence-electron chi connectivity index (χ2n) is 6.27. The summed E-state index contributed by atoms with van der Waals surface area (Å²) in [5, 5.41) is 7.39. The molecule has 0 unspecified atom stereocenters. The molecule has 1 amide bonds. The van der Waals surface area contributed by atoms with E-state index in [4.69, 9.17) is 4.52 Å². The number of aromatic nitrogens is 1. The fourth-order valence-corrected chi connectivity index (χ4v) is 3.59. The molecule has 0 aliphatic carbocycles. The van der Waals surface area contributed by atoms with Crippen LogP contribution in [0, 0.1) is 19.3 Å². The molecular weight excluding hydrogens is 254 g/mol. The second-order valence-corrected chi connectivity index (χ2v) is 6.27. The van der Waals surface area contributed by atoms with E-state index in [0.29, 0.717) is 22.4 Å². The van der Waals surface area contributed by atoms with Gasteiger partial charge in [0.2, 0.25) is 0 Å². The maximum atomic E-state index is 12.6. The smallest absolute Gasteiger partial charge is 0.259 e. The molecule has 1 N–H and O–H groups in total. The average molecular weight is 277 g/mol. The van der Waals surface area contributed by atoms with Crippen molar-refractivity contribution in [2.45, 2.75) is 39.5 Å². The first kappa shape index (κ1) is 13.6.